The van der Waals surface area contributed by atoms with Crippen LogP contribution in [0, 0.1) is 5.82 Å². The molecule has 5 rings (SSSR count). The van der Waals surface area contributed by atoms with Gasteiger partial charge in [0.25, 0.3) is 0 Å². The average Bonchev–Trinajstić information content (AvgIpc) is 3.40. The van der Waals surface area contributed by atoms with Crippen LogP contribution in [0.4, 0.5) is 15.9 Å². The van der Waals surface area contributed by atoms with Crippen molar-refractivity contribution in [2.75, 3.05) is 23.4 Å². The lowest BCUT2D eigenvalue weighted by molar-refractivity contribution is -0.118. The number of likely N-dealkylation sites (N-methyl/N-ethyl adjacent to an activating group) is 1. The Kier molecular flexibility index (Phi) is 5.91. The lowest BCUT2D eigenvalue weighted by atomic mass is 10.1. The second kappa shape index (κ2) is 8.63. The molecule has 0 saturated carbocycles. The van der Waals surface area contributed by atoms with Crippen molar-refractivity contribution in [3.8, 4) is 11.5 Å². The normalized spacial score (nSPS) is 17.4. The van der Waals surface area contributed by atoms with E-state index in [2.05, 4.69) is 4.98 Å². The maximum atomic E-state index is 13.3. The molecule has 0 unspecified atom stereocenters. The third-order valence-electron chi connectivity index (χ3n) is 5.92. The molecule has 31 heavy (non-hydrogen) atoms. The molecule has 0 bridgehead atoms. The van der Waals surface area contributed by atoms with Crippen LogP contribution in [0.3, 0.4) is 0 Å². The number of benzene rings is 1. The summed E-state index contributed by atoms with van der Waals surface area (Å²) in [5.74, 6) is 1.11. The fourth-order valence-corrected chi connectivity index (χ4v) is 4.36. The first-order valence-corrected chi connectivity index (χ1v) is 10.2. The monoisotopic (exact) mass is 437 g/mol. The van der Waals surface area contributed by atoms with Gasteiger partial charge < -0.3 is 9.80 Å². The summed E-state index contributed by atoms with van der Waals surface area (Å²) >= 11 is 0. The smallest absolute Gasteiger partial charge is 0.249 e. The number of nitrogens with zero attached hydrogens (tertiary/aromatic N) is 5. The Morgan fingerprint density at radius 2 is 1.90 bits per heavy atom. The number of hydrogen-bond donors (Lipinski definition) is 0. The molecule has 1 aliphatic carbocycles. The largest absolute Gasteiger partial charge is 0.347 e. The average molecular weight is 438 g/mol. The Labute approximate surface area is 187 Å². The minimum atomic E-state index is -0.314. The molecule has 0 N–H and O–H groups in total. The van der Waals surface area contributed by atoms with E-state index in [-0.39, 0.29) is 31.3 Å². The SMILES string of the molecule is CN(c1nc(-c2ccccn2)nc2c1CCC2)[C@H]1CCN(c2ccc(F)cc2)C1=O.S. The van der Waals surface area contributed by atoms with Gasteiger partial charge in [0.2, 0.25) is 5.91 Å². The van der Waals surface area contributed by atoms with Gasteiger partial charge in [-0.25, -0.2) is 14.4 Å². The number of amides is 1. The van der Waals surface area contributed by atoms with Crippen LogP contribution in [-0.2, 0) is 17.6 Å². The molecule has 2 aliphatic rings. The minimum absolute atomic E-state index is 0. The van der Waals surface area contributed by atoms with Crippen LogP contribution >= 0.6 is 13.5 Å². The van der Waals surface area contributed by atoms with Crippen molar-refractivity contribution >= 4 is 30.9 Å². The van der Waals surface area contributed by atoms with Crippen molar-refractivity contribution in [3.63, 3.8) is 0 Å². The van der Waals surface area contributed by atoms with E-state index < -0.39 is 0 Å². The molecule has 1 fully saturated rings. The van der Waals surface area contributed by atoms with E-state index in [1.54, 1.807) is 23.2 Å². The van der Waals surface area contributed by atoms with Gasteiger partial charge in [0.15, 0.2) is 5.82 Å². The topological polar surface area (TPSA) is 62.2 Å². The van der Waals surface area contributed by atoms with E-state index in [0.717, 1.165) is 47.7 Å². The zero-order valence-corrected chi connectivity index (χ0v) is 18.3. The summed E-state index contributed by atoms with van der Waals surface area (Å²) < 4.78 is 13.3. The number of hydrogen-bond acceptors (Lipinski definition) is 5. The van der Waals surface area contributed by atoms with Gasteiger partial charge in [0.05, 0.1) is 0 Å². The molecule has 1 atom stereocenters. The number of halogens is 1. The number of carbonyl (C=O) groups is 1. The van der Waals surface area contributed by atoms with Gasteiger partial charge in [0, 0.05) is 36.7 Å². The van der Waals surface area contributed by atoms with Gasteiger partial charge in [-0.1, -0.05) is 6.07 Å². The summed E-state index contributed by atoms with van der Waals surface area (Å²) in [5.41, 5.74) is 3.63. The maximum Gasteiger partial charge on any atom is 0.249 e. The van der Waals surface area contributed by atoms with Gasteiger partial charge in [-0.15, -0.1) is 0 Å². The molecule has 8 heteroatoms. The Balaban J connectivity index is 0.00000231. The van der Waals surface area contributed by atoms with Crippen LogP contribution in [0.5, 0.6) is 0 Å². The van der Waals surface area contributed by atoms with E-state index in [1.807, 2.05) is 30.1 Å². The van der Waals surface area contributed by atoms with Crippen molar-refractivity contribution in [2.45, 2.75) is 31.7 Å². The lowest BCUT2D eigenvalue weighted by Gasteiger charge is -2.27. The standard InChI is InChI=1S/C23H22FN5O.H2S/c1-28(20-12-14-29(23(20)30)16-10-8-15(24)9-11-16)22-17-5-4-7-18(17)26-21(27-22)19-6-2-3-13-25-19;/h2-3,6,8-11,13,20H,4-5,7,12,14H2,1H3;1H2/t20-;/m0./s1. The number of carbonyl (C=O) groups excluding carboxylic acids is 1. The Morgan fingerprint density at radius 3 is 2.65 bits per heavy atom. The molecule has 0 spiro atoms. The molecule has 3 aromatic rings. The zero-order chi connectivity index (χ0) is 20.7. The predicted octanol–water partition coefficient (Wildman–Crippen LogP) is 3.52. The van der Waals surface area contributed by atoms with Gasteiger partial charge in [0.1, 0.15) is 23.4 Å². The number of aryl methyl sites for hydroxylation is 1. The highest BCUT2D eigenvalue weighted by Gasteiger charge is 2.37. The lowest BCUT2D eigenvalue weighted by Crippen LogP contribution is -2.40. The molecule has 1 amide bonds. The van der Waals surface area contributed by atoms with Crippen LogP contribution in [0.2, 0.25) is 0 Å². The molecule has 6 nitrogen and oxygen atoms in total. The fraction of sp³-hybridized carbons (Fsp3) is 0.304. The summed E-state index contributed by atoms with van der Waals surface area (Å²) in [7, 11) is 1.93. The van der Waals surface area contributed by atoms with E-state index in [9.17, 15) is 9.18 Å². The number of aromatic nitrogens is 3. The predicted molar refractivity (Wildman–Crippen MR) is 123 cm³/mol. The highest BCUT2D eigenvalue weighted by molar-refractivity contribution is 7.59. The van der Waals surface area contributed by atoms with Crippen molar-refractivity contribution in [3.05, 3.63) is 65.7 Å². The van der Waals surface area contributed by atoms with Crippen LogP contribution in [0.15, 0.2) is 48.7 Å². The first-order chi connectivity index (χ1) is 14.6. The summed E-state index contributed by atoms with van der Waals surface area (Å²) in [6, 6.07) is 11.4. The van der Waals surface area contributed by atoms with Crippen LogP contribution in [-0.4, -0.2) is 40.5 Å². The van der Waals surface area contributed by atoms with E-state index in [0.29, 0.717) is 18.8 Å². The summed E-state index contributed by atoms with van der Waals surface area (Å²) in [6.07, 6.45) is 5.29. The fourth-order valence-electron chi connectivity index (χ4n) is 4.36. The van der Waals surface area contributed by atoms with E-state index in [1.165, 1.54) is 12.1 Å². The summed E-state index contributed by atoms with van der Waals surface area (Å²) in [5, 5.41) is 0. The van der Waals surface area contributed by atoms with Crippen molar-refractivity contribution in [2.24, 2.45) is 0 Å². The van der Waals surface area contributed by atoms with Crippen molar-refractivity contribution in [1.29, 1.82) is 0 Å². The van der Waals surface area contributed by atoms with Gasteiger partial charge in [-0.3, -0.25) is 9.78 Å². The highest BCUT2D eigenvalue weighted by atomic mass is 32.1. The Bertz CT molecular complexity index is 1090. The Hall–Kier alpha value is -3.00. The van der Waals surface area contributed by atoms with Crippen LogP contribution in [0.25, 0.3) is 11.5 Å². The van der Waals surface area contributed by atoms with Gasteiger partial charge >= 0.3 is 0 Å². The number of rotatable bonds is 4. The van der Waals surface area contributed by atoms with Crippen LogP contribution < -0.4 is 9.80 Å². The van der Waals surface area contributed by atoms with Crippen molar-refractivity contribution in [1.82, 2.24) is 15.0 Å². The molecule has 1 aromatic carbocycles. The van der Waals surface area contributed by atoms with Gasteiger partial charge in [-0.2, -0.15) is 13.5 Å². The minimum Gasteiger partial charge on any atom is -0.347 e. The third-order valence-corrected chi connectivity index (χ3v) is 5.92. The quantitative estimate of drug-likeness (QED) is 0.625. The molecule has 160 valence electrons. The first-order valence-electron chi connectivity index (χ1n) is 10.2. The molecule has 0 radical (unpaired) electrons. The molecular weight excluding hydrogens is 413 g/mol. The molecular formula is C23H24FN5OS. The molecule has 3 heterocycles. The zero-order valence-electron chi connectivity index (χ0n) is 17.3. The van der Waals surface area contributed by atoms with Crippen molar-refractivity contribution < 1.29 is 9.18 Å². The summed E-state index contributed by atoms with van der Waals surface area (Å²) in [4.78, 5) is 30.9. The third kappa shape index (κ3) is 3.87. The molecule has 1 aliphatic heterocycles. The highest BCUT2D eigenvalue weighted by Crippen LogP contribution is 2.33. The van der Waals surface area contributed by atoms with Crippen LogP contribution in [0.1, 0.15) is 24.1 Å². The van der Waals surface area contributed by atoms with Gasteiger partial charge in [-0.05, 0) is 62.1 Å². The Morgan fingerprint density at radius 1 is 1.10 bits per heavy atom. The maximum absolute atomic E-state index is 13.3. The molecule has 2 aromatic heterocycles. The second-order valence-electron chi connectivity index (χ2n) is 7.75. The molecule has 1 saturated heterocycles. The number of anilines is 2. The van der Waals surface area contributed by atoms with E-state index in [4.69, 9.17) is 9.97 Å². The summed E-state index contributed by atoms with van der Waals surface area (Å²) in [6.45, 7) is 0.597. The first kappa shape index (κ1) is 21.2. The number of fused-ring (bicyclic) bond motifs is 1. The van der Waals surface area contributed by atoms with E-state index >= 15 is 0 Å². The number of pyridine rings is 1. The second-order valence-corrected chi connectivity index (χ2v) is 7.75.